The quantitative estimate of drug-likeness (QED) is 0.758. The molecule has 26 heavy (non-hydrogen) atoms. The van der Waals surface area contributed by atoms with E-state index in [2.05, 4.69) is 15.4 Å². The maximum Gasteiger partial charge on any atom is 0.259 e. The predicted molar refractivity (Wildman–Crippen MR) is 98.6 cm³/mol. The molecule has 3 heterocycles. The zero-order chi connectivity index (χ0) is 18.1. The van der Waals surface area contributed by atoms with Crippen molar-refractivity contribution in [2.45, 2.75) is 25.8 Å². The van der Waals surface area contributed by atoms with Gasteiger partial charge in [0.2, 0.25) is 0 Å². The van der Waals surface area contributed by atoms with E-state index in [0.29, 0.717) is 16.6 Å². The SMILES string of the molecule is Cc1c(C(=O)Nc2ccc3c(=O)[nH]ccc3c2)cnn1C1CCOCC1. The van der Waals surface area contributed by atoms with E-state index in [1.54, 1.807) is 36.7 Å². The number of pyridine rings is 1. The van der Waals surface area contributed by atoms with Crippen molar-refractivity contribution in [2.75, 3.05) is 18.5 Å². The lowest BCUT2D eigenvalue weighted by Gasteiger charge is -2.23. The van der Waals surface area contributed by atoms with Gasteiger partial charge in [0.1, 0.15) is 0 Å². The van der Waals surface area contributed by atoms with Crippen molar-refractivity contribution in [2.24, 2.45) is 0 Å². The lowest BCUT2D eigenvalue weighted by Crippen LogP contribution is -2.22. The number of amides is 1. The zero-order valence-corrected chi connectivity index (χ0v) is 14.5. The lowest BCUT2D eigenvalue weighted by molar-refractivity contribution is 0.0656. The van der Waals surface area contributed by atoms with Gasteiger partial charge in [-0.2, -0.15) is 5.10 Å². The number of rotatable bonds is 3. The van der Waals surface area contributed by atoms with E-state index in [9.17, 15) is 9.59 Å². The van der Waals surface area contributed by atoms with E-state index in [-0.39, 0.29) is 17.5 Å². The Hall–Kier alpha value is -2.93. The molecule has 2 aromatic heterocycles. The second-order valence-corrected chi connectivity index (χ2v) is 6.49. The Morgan fingerprint density at radius 1 is 1.31 bits per heavy atom. The van der Waals surface area contributed by atoms with Gasteiger partial charge in [-0.25, -0.2) is 0 Å². The highest BCUT2D eigenvalue weighted by Crippen LogP contribution is 2.24. The molecule has 3 aromatic rings. The van der Waals surface area contributed by atoms with Crippen LogP contribution < -0.4 is 10.9 Å². The summed E-state index contributed by atoms with van der Waals surface area (Å²) >= 11 is 0. The van der Waals surface area contributed by atoms with Crippen LogP contribution in [0.2, 0.25) is 0 Å². The van der Waals surface area contributed by atoms with Crippen LogP contribution in [0.4, 0.5) is 5.69 Å². The number of carbonyl (C=O) groups excluding carboxylic acids is 1. The van der Waals surface area contributed by atoms with Gasteiger partial charge in [0.05, 0.1) is 17.8 Å². The van der Waals surface area contributed by atoms with Crippen LogP contribution in [0, 0.1) is 6.92 Å². The normalized spacial score (nSPS) is 15.3. The summed E-state index contributed by atoms with van der Waals surface area (Å²) in [7, 11) is 0. The van der Waals surface area contributed by atoms with Gasteiger partial charge in [0.15, 0.2) is 0 Å². The third-order valence-corrected chi connectivity index (χ3v) is 4.86. The van der Waals surface area contributed by atoms with E-state index in [1.165, 1.54) is 0 Å². The van der Waals surface area contributed by atoms with Gasteiger partial charge in [-0.1, -0.05) is 0 Å². The van der Waals surface area contributed by atoms with Crippen LogP contribution in [0.3, 0.4) is 0 Å². The third-order valence-electron chi connectivity index (χ3n) is 4.86. The first-order chi connectivity index (χ1) is 12.6. The Labute approximate surface area is 150 Å². The number of aromatic nitrogens is 3. The van der Waals surface area contributed by atoms with E-state index >= 15 is 0 Å². The molecule has 1 aromatic carbocycles. The molecule has 0 atom stereocenters. The Morgan fingerprint density at radius 2 is 2.12 bits per heavy atom. The van der Waals surface area contributed by atoms with Crippen LogP contribution in [-0.4, -0.2) is 33.9 Å². The summed E-state index contributed by atoms with van der Waals surface area (Å²) in [5.74, 6) is -0.204. The smallest absolute Gasteiger partial charge is 0.259 e. The molecule has 1 fully saturated rings. The predicted octanol–water partition coefficient (Wildman–Crippen LogP) is 2.64. The van der Waals surface area contributed by atoms with Crippen molar-refractivity contribution in [3.63, 3.8) is 0 Å². The summed E-state index contributed by atoms with van der Waals surface area (Å²) in [6.45, 7) is 3.36. The Morgan fingerprint density at radius 3 is 2.92 bits per heavy atom. The molecule has 0 unspecified atom stereocenters. The van der Waals surface area contributed by atoms with Crippen LogP contribution in [-0.2, 0) is 4.74 Å². The highest BCUT2D eigenvalue weighted by Gasteiger charge is 2.22. The number of hydrogen-bond acceptors (Lipinski definition) is 4. The molecule has 0 spiro atoms. The standard InChI is InChI=1S/C19H20N4O3/c1-12-17(11-21-23(12)15-5-8-26-9-6-15)19(25)22-14-2-3-16-13(10-14)4-7-20-18(16)24/h2-4,7,10-11,15H,5-6,8-9H2,1H3,(H,20,24)(H,22,25). The van der Waals surface area contributed by atoms with Crippen LogP contribution in [0.1, 0.15) is 34.9 Å². The fraction of sp³-hybridized carbons (Fsp3) is 0.316. The van der Waals surface area contributed by atoms with Crippen LogP contribution in [0.15, 0.2) is 41.5 Å². The van der Waals surface area contributed by atoms with E-state index < -0.39 is 0 Å². The molecule has 0 radical (unpaired) electrons. The number of benzene rings is 1. The number of ether oxygens (including phenoxy) is 1. The van der Waals surface area contributed by atoms with Crippen molar-refractivity contribution in [1.29, 1.82) is 0 Å². The summed E-state index contributed by atoms with van der Waals surface area (Å²) in [6, 6.07) is 7.31. The first-order valence-electron chi connectivity index (χ1n) is 8.68. The molecule has 7 nitrogen and oxygen atoms in total. The Kier molecular flexibility index (Phi) is 4.30. The van der Waals surface area contributed by atoms with Crippen molar-refractivity contribution >= 4 is 22.4 Å². The number of hydrogen-bond donors (Lipinski definition) is 2. The van der Waals surface area contributed by atoms with Gasteiger partial charge in [0, 0.05) is 36.2 Å². The minimum atomic E-state index is -0.204. The maximum absolute atomic E-state index is 12.7. The minimum absolute atomic E-state index is 0.144. The molecule has 1 saturated heterocycles. The average molecular weight is 352 g/mol. The molecular formula is C19H20N4O3. The van der Waals surface area contributed by atoms with Crippen LogP contribution in [0.5, 0.6) is 0 Å². The summed E-state index contributed by atoms with van der Waals surface area (Å²) in [5.41, 5.74) is 1.91. The molecule has 1 aliphatic heterocycles. The van der Waals surface area contributed by atoms with Crippen molar-refractivity contribution in [3.05, 3.63) is 58.3 Å². The second-order valence-electron chi connectivity index (χ2n) is 6.49. The highest BCUT2D eigenvalue weighted by molar-refractivity contribution is 6.05. The number of carbonyl (C=O) groups is 1. The fourth-order valence-electron chi connectivity index (χ4n) is 3.41. The number of aromatic amines is 1. The molecule has 134 valence electrons. The number of fused-ring (bicyclic) bond motifs is 1. The zero-order valence-electron chi connectivity index (χ0n) is 14.5. The molecule has 7 heteroatoms. The van der Waals surface area contributed by atoms with Gasteiger partial charge in [-0.15, -0.1) is 0 Å². The Balaban J connectivity index is 1.57. The summed E-state index contributed by atoms with van der Waals surface area (Å²) in [6.07, 6.45) is 5.02. The summed E-state index contributed by atoms with van der Waals surface area (Å²) in [4.78, 5) is 27.1. The topological polar surface area (TPSA) is 89.0 Å². The highest BCUT2D eigenvalue weighted by atomic mass is 16.5. The van der Waals surface area contributed by atoms with Gasteiger partial charge < -0.3 is 15.0 Å². The van der Waals surface area contributed by atoms with E-state index in [0.717, 1.165) is 37.1 Å². The number of H-pyrrole nitrogens is 1. The summed E-state index contributed by atoms with van der Waals surface area (Å²) in [5, 5.41) is 8.69. The van der Waals surface area contributed by atoms with Gasteiger partial charge in [-0.05, 0) is 49.4 Å². The minimum Gasteiger partial charge on any atom is -0.381 e. The van der Waals surface area contributed by atoms with Gasteiger partial charge in [-0.3, -0.25) is 14.3 Å². The number of nitrogens with zero attached hydrogens (tertiary/aromatic N) is 2. The monoisotopic (exact) mass is 352 g/mol. The fourth-order valence-corrected chi connectivity index (χ4v) is 3.41. The van der Waals surface area contributed by atoms with Crippen molar-refractivity contribution in [1.82, 2.24) is 14.8 Å². The van der Waals surface area contributed by atoms with Crippen LogP contribution >= 0.6 is 0 Å². The molecule has 0 aliphatic carbocycles. The largest absolute Gasteiger partial charge is 0.381 e. The summed E-state index contributed by atoms with van der Waals surface area (Å²) < 4.78 is 7.32. The average Bonchev–Trinajstić information content (AvgIpc) is 3.04. The molecule has 1 amide bonds. The number of nitrogens with one attached hydrogen (secondary N) is 2. The first kappa shape index (κ1) is 16.5. The maximum atomic E-state index is 12.7. The molecule has 4 rings (SSSR count). The van der Waals surface area contributed by atoms with E-state index in [1.807, 2.05) is 11.6 Å². The van der Waals surface area contributed by atoms with Gasteiger partial charge in [0.25, 0.3) is 11.5 Å². The van der Waals surface area contributed by atoms with Gasteiger partial charge >= 0.3 is 0 Å². The molecule has 0 saturated carbocycles. The van der Waals surface area contributed by atoms with Crippen LogP contribution in [0.25, 0.3) is 10.8 Å². The lowest BCUT2D eigenvalue weighted by atomic mass is 10.1. The van der Waals surface area contributed by atoms with E-state index in [4.69, 9.17) is 4.74 Å². The molecule has 0 bridgehead atoms. The Bertz CT molecular complexity index is 1020. The van der Waals surface area contributed by atoms with Crippen molar-refractivity contribution < 1.29 is 9.53 Å². The molecule has 2 N–H and O–H groups in total. The first-order valence-corrected chi connectivity index (χ1v) is 8.68. The number of anilines is 1. The molecule has 1 aliphatic rings. The van der Waals surface area contributed by atoms with Crippen molar-refractivity contribution in [3.8, 4) is 0 Å². The third kappa shape index (κ3) is 3.01. The second kappa shape index (κ2) is 6.76. The molecular weight excluding hydrogens is 332 g/mol.